The fourth-order valence-electron chi connectivity index (χ4n) is 4.24. The van der Waals surface area contributed by atoms with Gasteiger partial charge in [-0.1, -0.05) is 24.3 Å². The molecule has 0 radical (unpaired) electrons. The molecule has 2 aromatic carbocycles. The average molecular weight is 457 g/mol. The molecule has 0 saturated carbocycles. The van der Waals surface area contributed by atoms with Crippen LogP contribution in [-0.2, 0) is 4.79 Å². The zero-order valence-corrected chi connectivity index (χ0v) is 19.1. The van der Waals surface area contributed by atoms with Crippen molar-refractivity contribution in [3.05, 3.63) is 71.5 Å². The first-order chi connectivity index (χ1) is 16.6. The number of carbonyl (C=O) groups excluding carboxylic acids is 1. The van der Waals surface area contributed by atoms with Crippen molar-refractivity contribution in [3.8, 4) is 28.7 Å². The van der Waals surface area contributed by atoms with Crippen molar-refractivity contribution in [1.82, 2.24) is 25.0 Å². The smallest absolute Gasteiger partial charge is 0.272 e. The van der Waals surface area contributed by atoms with Gasteiger partial charge in [0.15, 0.2) is 0 Å². The number of benzene rings is 2. The zero-order chi connectivity index (χ0) is 23.7. The van der Waals surface area contributed by atoms with Crippen molar-refractivity contribution in [2.75, 3.05) is 19.0 Å². The minimum atomic E-state index is -0.136. The quantitative estimate of drug-likeness (QED) is 0.469. The lowest BCUT2D eigenvalue weighted by molar-refractivity contribution is -0.116. The second kappa shape index (κ2) is 8.93. The van der Waals surface area contributed by atoms with Gasteiger partial charge in [-0.3, -0.25) is 4.79 Å². The Hall–Kier alpha value is -4.27. The summed E-state index contributed by atoms with van der Waals surface area (Å²) in [6.45, 7) is 4.47. The summed E-state index contributed by atoms with van der Waals surface area (Å²) >= 11 is 0. The summed E-state index contributed by atoms with van der Waals surface area (Å²) in [5.41, 5.74) is 4.22. The molecule has 1 atom stereocenters. The van der Waals surface area contributed by atoms with Crippen molar-refractivity contribution in [3.63, 3.8) is 0 Å². The number of rotatable bonds is 6. The van der Waals surface area contributed by atoms with Gasteiger partial charge in [0.25, 0.3) is 5.95 Å². The molecule has 1 aliphatic heterocycles. The fourth-order valence-corrected chi connectivity index (χ4v) is 4.24. The maximum Gasteiger partial charge on any atom is 0.272 e. The monoisotopic (exact) mass is 456 g/mol. The molecule has 9 nitrogen and oxygen atoms in total. The second-order valence-electron chi connectivity index (χ2n) is 7.94. The summed E-state index contributed by atoms with van der Waals surface area (Å²) in [7, 11) is 1.62. The number of nitrogens with zero attached hydrogens (tertiary/aromatic N) is 5. The van der Waals surface area contributed by atoms with Crippen LogP contribution >= 0.6 is 0 Å². The standard InChI is InChI=1S/C25H24N6O3/c1-4-34-18-10-8-16(9-11-18)20-13-22(32)28-24-23(20)15(2)30-31(24)25-27-21(14-26-29-25)17-6-5-7-19(12-17)33-3/h5-12,14,20H,4,13H2,1-3H3,(H,28,32)/t20-/m1/s1. The van der Waals surface area contributed by atoms with Gasteiger partial charge >= 0.3 is 0 Å². The Morgan fingerprint density at radius 3 is 2.74 bits per heavy atom. The van der Waals surface area contributed by atoms with Gasteiger partial charge in [-0.2, -0.15) is 14.9 Å². The Kier molecular flexibility index (Phi) is 5.67. The molecule has 0 saturated heterocycles. The van der Waals surface area contributed by atoms with Crippen LogP contribution in [0.4, 0.5) is 5.82 Å². The molecule has 0 fully saturated rings. The van der Waals surface area contributed by atoms with E-state index in [0.717, 1.165) is 33.9 Å². The lowest BCUT2D eigenvalue weighted by Gasteiger charge is -2.24. The van der Waals surface area contributed by atoms with Crippen LogP contribution in [0.25, 0.3) is 17.2 Å². The number of methoxy groups -OCH3 is 1. The third-order valence-corrected chi connectivity index (χ3v) is 5.80. The van der Waals surface area contributed by atoms with E-state index in [2.05, 4.69) is 25.6 Å². The predicted octanol–water partition coefficient (Wildman–Crippen LogP) is 3.91. The molecular weight excluding hydrogens is 432 g/mol. The zero-order valence-electron chi connectivity index (χ0n) is 19.1. The van der Waals surface area contributed by atoms with Gasteiger partial charge in [-0.05, 0) is 43.7 Å². The van der Waals surface area contributed by atoms with E-state index in [-0.39, 0.29) is 17.8 Å². The number of fused-ring (bicyclic) bond motifs is 1. The van der Waals surface area contributed by atoms with Gasteiger partial charge in [-0.25, -0.2) is 4.98 Å². The molecule has 0 unspecified atom stereocenters. The van der Waals surface area contributed by atoms with Crippen LogP contribution < -0.4 is 14.8 Å². The molecule has 0 bridgehead atoms. The molecule has 0 spiro atoms. The molecule has 5 rings (SSSR count). The van der Waals surface area contributed by atoms with E-state index >= 15 is 0 Å². The minimum Gasteiger partial charge on any atom is -0.497 e. The van der Waals surface area contributed by atoms with E-state index in [1.807, 2.05) is 62.4 Å². The molecule has 172 valence electrons. The number of hydrogen-bond donors (Lipinski definition) is 1. The lowest BCUT2D eigenvalue weighted by Crippen LogP contribution is -2.25. The predicted molar refractivity (Wildman–Crippen MR) is 126 cm³/mol. The summed E-state index contributed by atoms with van der Waals surface area (Å²) in [4.78, 5) is 17.4. The van der Waals surface area contributed by atoms with Gasteiger partial charge in [0.05, 0.1) is 31.3 Å². The van der Waals surface area contributed by atoms with E-state index in [1.165, 1.54) is 0 Å². The van der Waals surface area contributed by atoms with Crippen molar-refractivity contribution in [1.29, 1.82) is 0 Å². The highest BCUT2D eigenvalue weighted by molar-refractivity contribution is 5.95. The molecule has 9 heteroatoms. The van der Waals surface area contributed by atoms with Gasteiger partial charge in [-0.15, -0.1) is 5.10 Å². The second-order valence-corrected chi connectivity index (χ2v) is 7.94. The number of aryl methyl sites for hydroxylation is 1. The van der Waals surface area contributed by atoms with Crippen molar-refractivity contribution in [2.45, 2.75) is 26.2 Å². The normalized spacial score (nSPS) is 14.9. The molecule has 1 N–H and O–H groups in total. The highest BCUT2D eigenvalue weighted by Gasteiger charge is 2.33. The summed E-state index contributed by atoms with van der Waals surface area (Å²) < 4.78 is 12.4. The molecular formula is C25H24N6O3. The Labute approximate surface area is 196 Å². The van der Waals surface area contributed by atoms with Gasteiger partial charge in [0, 0.05) is 23.5 Å². The highest BCUT2D eigenvalue weighted by Crippen LogP contribution is 2.40. The van der Waals surface area contributed by atoms with Crippen LogP contribution in [0.5, 0.6) is 11.5 Å². The summed E-state index contributed by atoms with van der Waals surface area (Å²) in [6.07, 6.45) is 1.92. The van der Waals surface area contributed by atoms with Crippen LogP contribution in [0.3, 0.4) is 0 Å². The number of carbonyl (C=O) groups is 1. The number of anilines is 1. The number of hydrogen-bond acceptors (Lipinski definition) is 7. The third-order valence-electron chi connectivity index (χ3n) is 5.80. The molecule has 2 aromatic heterocycles. The molecule has 0 aliphatic carbocycles. The molecule has 3 heterocycles. The maximum absolute atomic E-state index is 12.7. The highest BCUT2D eigenvalue weighted by atomic mass is 16.5. The third kappa shape index (κ3) is 3.96. The lowest BCUT2D eigenvalue weighted by atomic mass is 9.86. The van der Waals surface area contributed by atoms with Crippen molar-refractivity contribution >= 4 is 11.7 Å². The minimum absolute atomic E-state index is 0.0931. The van der Waals surface area contributed by atoms with Crippen LogP contribution in [0.2, 0.25) is 0 Å². The topological polar surface area (TPSA) is 104 Å². The largest absolute Gasteiger partial charge is 0.497 e. The number of nitrogens with one attached hydrogen (secondary N) is 1. The average Bonchev–Trinajstić information content (AvgIpc) is 3.20. The summed E-state index contributed by atoms with van der Waals surface area (Å²) in [5, 5.41) is 16.0. The van der Waals surface area contributed by atoms with E-state index in [9.17, 15) is 4.79 Å². The first-order valence-electron chi connectivity index (χ1n) is 11.0. The summed E-state index contributed by atoms with van der Waals surface area (Å²) in [5.74, 6) is 2.13. The van der Waals surface area contributed by atoms with Gasteiger partial charge in [0.2, 0.25) is 5.91 Å². The van der Waals surface area contributed by atoms with E-state index in [4.69, 9.17) is 9.47 Å². The number of amides is 1. The van der Waals surface area contributed by atoms with Crippen molar-refractivity contribution in [2.24, 2.45) is 0 Å². The first kappa shape index (κ1) is 21.6. The van der Waals surface area contributed by atoms with Crippen LogP contribution in [-0.4, -0.2) is 44.6 Å². The first-order valence-corrected chi connectivity index (χ1v) is 11.0. The number of ether oxygens (including phenoxy) is 2. The van der Waals surface area contributed by atoms with E-state index in [0.29, 0.717) is 24.5 Å². The molecule has 34 heavy (non-hydrogen) atoms. The van der Waals surface area contributed by atoms with Crippen LogP contribution in [0.1, 0.15) is 36.1 Å². The Balaban J connectivity index is 1.56. The molecule has 1 amide bonds. The van der Waals surface area contributed by atoms with Crippen LogP contribution in [0.15, 0.2) is 54.7 Å². The molecule has 1 aliphatic rings. The summed E-state index contributed by atoms with van der Waals surface area (Å²) in [6, 6.07) is 15.4. The van der Waals surface area contributed by atoms with E-state index in [1.54, 1.807) is 18.0 Å². The fraction of sp³-hybridized carbons (Fsp3) is 0.240. The number of aromatic nitrogens is 5. The van der Waals surface area contributed by atoms with E-state index < -0.39 is 0 Å². The van der Waals surface area contributed by atoms with Crippen molar-refractivity contribution < 1.29 is 14.3 Å². The Morgan fingerprint density at radius 1 is 1.15 bits per heavy atom. The Morgan fingerprint density at radius 2 is 1.97 bits per heavy atom. The Bertz CT molecular complexity index is 1350. The van der Waals surface area contributed by atoms with Gasteiger partial charge in [0.1, 0.15) is 17.3 Å². The van der Waals surface area contributed by atoms with Crippen LogP contribution in [0, 0.1) is 6.92 Å². The van der Waals surface area contributed by atoms with Gasteiger partial charge < -0.3 is 14.8 Å². The maximum atomic E-state index is 12.7. The SMILES string of the molecule is CCOc1ccc([C@H]2CC(=O)Nc3c2c(C)nn3-c2nncc(-c3cccc(OC)c3)n2)cc1. The molecule has 4 aromatic rings.